The number of anilines is 2. The van der Waals surface area contributed by atoms with Crippen LogP contribution in [0.4, 0.5) is 17.1 Å². The lowest BCUT2D eigenvalue weighted by Crippen LogP contribution is -2.43. The van der Waals surface area contributed by atoms with E-state index in [1.165, 1.54) is 17.0 Å². The molecule has 2 aromatic rings. The van der Waals surface area contributed by atoms with Crippen LogP contribution in [0.15, 0.2) is 41.3 Å². The Morgan fingerprint density at radius 3 is 2.52 bits per heavy atom. The minimum absolute atomic E-state index is 0.139. The van der Waals surface area contributed by atoms with Gasteiger partial charge in [-0.3, -0.25) is 19.6 Å². The standard InChI is InChI=1S/C21H26N4O5S/c1-14-7-9-17(15(2)12-14)22-31(29,30)16-8-10-18(20(13-16)25(27)28)24-11-5-6-19(24)21(26)23(3)4/h7-10,12-13,19,22H,5-6,11H2,1-4H3/t19-/m0/s1. The van der Waals surface area contributed by atoms with Crippen molar-refractivity contribution < 1.29 is 18.1 Å². The summed E-state index contributed by atoms with van der Waals surface area (Å²) < 4.78 is 28.3. The molecule has 0 unspecified atom stereocenters. The van der Waals surface area contributed by atoms with Crippen LogP contribution in [0.25, 0.3) is 0 Å². The molecule has 9 nitrogen and oxygen atoms in total. The summed E-state index contributed by atoms with van der Waals surface area (Å²) in [6.45, 7) is 4.17. The lowest BCUT2D eigenvalue weighted by Gasteiger charge is -2.27. The average molecular weight is 447 g/mol. The van der Waals surface area contributed by atoms with Gasteiger partial charge in [0.25, 0.3) is 15.7 Å². The van der Waals surface area contributed by atoms with E-state index in [2.05, 4.69) is 4.72 Å². The molecule has 1 heterocycles. The minimum Gasteiger partial charge on any atom is -0.354 e. The van der Waals surface area contributed by atoms with Gasteiger partial charge in [0.2, 0.25) is 5.91 Å². The zero-order valence-corrected chi connectivity index (χ0v) is 18.8. The summed E-state index contributed by atoms with van der Waals surface area (Å²) in [5.41, 5.74) is 2.05. The molecule has 1 fully saturated rings. The molecule has 1 saturated heterocycles. The molecule has 0 aromatic heterocycles. The normalized spacial score (nSPS) is 16.3. The van der Waals surface area contributed by atoms with Crippen LogP contribution in [-0.2, 0) is 14.8 Å². The molecule has 1 aliphatic heterocycles. The number of likely N-dealkylation sites (N-methyl/N-ethyl adjacent to an activating group) is 1. The second-order valence-corrected chi connectivity index (χ2v) is 9.60. The number of nitrogens with one attached hydrogen (secondary N) is 1. The third-order valence-electron chi connectivity index (χ3n) is 5.37. The van der Waals surface area contributed by atoms with E-state index < -0.39 is 21.0 Å². The first-order valence-electron chi connectivity index (χ1n) is 9.87. The van der Waals surface area contributed by atoms with Crippen LogP contribution in [0.5, 0.6) is 0 Å². The fourth-order valence-corrected chi connectivity index (χ4v) is 4.95. The van der Waals surface area contributed by atoms with Crippen molar-refractivity contribution in [2.45, 2.75) is 37.6 Å². The molecular weight excluding hydrogens is 420 g/mol. The number of amides is 1. The summed E-state index contributed by atoms with van der Waals surface area (Å²) in [6.07, 6.45) is 1.30. The van der Waals surface area contributed by atoms with Gasteiger partial charge in [0, 0.05) is 26.7 Å². The third-order valence-corrected chi connectivity index (χ3v) is 6.73. The SMILES string of the molecule is Cc1ccc(NS(=O)(=O)c2ccc(N3CCC[C@H]3C(=O)N(C)C)c([N+](=O)[O-])c2)c(C)c1. The van der Waals surface area contributed by atoms with E-state index in [0.29, 0.717) is 18.7 Å². The van der Waals surface area contributed by atoms with Crippen LogP contribution in [-0.4, -0.2) is 50.8 Å². The van der Waals surface area contributed by atoms with Gasteiger partial charge in [-0.2, -0.15) is 0 Å². The predicted molar refractivity (Wildman–Crippen MR) is 119 cm³/mol. The number of benzene rings is 2. The molecule has 3 rings (SSSR count). The quantitative estimate of drug-likeness (QED) is 0.539. The van der Waals surface area contributed by atoms with Crippen LogP contribution >= 0.6 is 0 Å². The van der Waals surface area contributed by atoms with Gasteiger partial charge in [-0.05, 0) is 50.5 Å². The first-order valence-corrected chi connectivity index (χ1v) is 11.4. The predicted octanol–water partition coefficient (Wildman–Crippen LogP) is 3.07. The number of aryl methyl sites for hydroxylation is 2. The smallest absolute Gasteiger partial charge is 0.293 e. The van der Waals surface area contributed by atoms with Gasteiger partial charge in [0.1, 0.15) is 11.7 Å². The Labute approximate surface area is 181 Å². The van der Waals surface area contributed by atoms with Crippen LogP contribution in [0.1, 0.15) is 24.0 Å². The molecule has 2 aromatic carbocycles. The topological polar surface area (TPSA) is 113 Å². The van der Waals surface area contributed by atoms with Crippen molar-refractivity contribution in [3.63, 3.8) is 0 Å². The fraction of sp³-hybridized carbons (Fsp3) is 0.381. The highest BCUT2D eigenvalue weighted by atomic mass is 32.2. The Morgan fingerprint density at radius 2 is 1.90 bits per heavy atom. The lowest BCUT2D eigenvalue weighted by molar-refractivity contribution is -0.384. The summed E-state index contributed by atoms with van der Waals surface area (Å²) in [5, 5.41) is 11.8. The number of nitrogens with zero attached hydrogens (tertiary/aromatic N) is 3. The van der Waals surface area contributed by atoms with Gasteiger partial charge in [-0.25, -0.2) is 8.42 Å². The van der Waals surface area contributed by atoms with Crippen molar-refractivity contribution in [2.24, 2.45) is 0 Å². The Hall–Kier alpha value is -3.14. The van der Waals surface area contributed by atoms with E-state index in [1.54, 1.807) is 38.1 Å². The van der Waals surface area contributed by atoms with Crippen molar-refractivity contribution in [1.29, 1.82) is 0 Å². The second kappa shape index (κ2) is 8.54. The lowest BCUT2D eigenvalue weighted by atomic mass is 10.1. The van der Waals surface area contributed by atoms with Crippen LogP contribution < -0.4 is 9.62 Å². The molecular formula is C21H26N4O5S. The van der Waals surface area contributed by atoms with Gasteiger partial charge in [-0.1, -0.05) is 17.7 Å². The molecule has 0 radical (unpaired) electrons. The Balaban J connectivity index is 1.98. The van der Waals surface area contributed by atoms with Crippen LogP contribution in [0.2, 0.25) is 0 Å². The van der Waals surface area contributed by atoms with E-state index >= 15 is 0 Å². The maximum Gasteiger partial charge on any atom is 0.293 e. The number of carbonyl (C=O) groups excluding carboxylic acids is 1. The largest absolute Gasteiger partial charge is 0.354 e. The number of hydrogen-bond donors (Lipinski definition) is 1. The van der Waals surface area contributed by atoms with Gasteiger partial charge < -0.3 is 9.80 Å². The van der Waals surface area contributed by atoms with E-state index in [1.807, 2.05) is 13.0 Å². The van der Waals surface area contributed by atoms with Crippen molar-refractivity contribution in [3.05, 3.63) is 57.6 Å². The number of carbonyl (C=O) groups is 1. The molecule has 10 heteroatoms. The van der Waals surface area contributed by atoms with E-state index in [-0.39, 0.29) is 22.2 Å². The maximum atomic E-state index is 12.9. The van der Waals surface area contributed by atoms with Crippen molar-refractivity contribution in [3.8, 4) is 0 Å². The highest BCUT2D eigenvalue weighted by Crippen LogP contribution is 2.36. The highest BCUT2D eigenvalue weighted by Gasteiger charge is 2.36. The van der Waals surface area contributed by atoms with E-state index in [9.17, 15) is 23.3 Å². The van der Waals surface area contributed by atoms with Crippen molar-refractivity contribution in [2.75, 3.05) is 30.3 Å². The first kappa shape index (κ1) is 22.5. The van der Waals surface area contributed by atoms with Crippen molar-refractivity contribution in [1.82, 2.24) is 4.90 Å². The molecule has 0 bridgehead atoms. The summed E-state index contributed by atoms with van der Waals surface area (Å²) in [5.74, 6) is -0.139. The zero-order valence-electron chi connectivity index (χ0n) is 18.0. The summed E-state index contributed by atoms with van der Waals surface area (Å²) in [7, 11) is -0.755. The van der Waals surface area contributed by atoms with E-state index in [0.717, 1.165) is 23.6 Å². The molecule has 0 spiro atoms. The molecule has 1 aliphatic rings. The summed E-state index contributed by atoms with van der Waals surface area (Å²) in [4.78, 5) is 26.6. The third kappa shape index (κ3) is 4.63. The second-order valence-electron chi connectivity index (χ2n) is 7.92. The van der Waals surface area contributed by atoms with Crippen LogP contribution in [0, 0.1) is 24.0 Å². The molecule has 31 heavy (non-hydrogen) atoms. The maximum absolute atomic E-state index is 12.9. The van der Waals surface area contributed by atoms with Gasteiger partial charge in [0.05, 0.1) is 15.5 Å². The van der Waals surface area contributed by atoms with Gasteiger partial charge in [0.15, 0.2) is 0 Å². The average Bonchev–Trinajstić information content (AvgIpc) is 3.18. The highest BCUT2D eigenvalue weighted by molar-refractivity contribution is 7.92. The number of rotatable bonds is 6. The Bertz CT molecular complexity index is 1130. The Morgan fingerprint density at radius 1 is 1.19 bits per heavy atom. The van der Waals surface area contributed by atoms with Gasteiger partial charge >= 0.3 is 0 Å². The molecule has 1 atom stereocenters. The van der Waals surface area contributed by atoms with Gasteiger partial charge in [-0.15, -0.1) is 0 Å². The van der Waals surface area contributed by atoms with E-state index in [4.69, 9.17) is 0 Å². The molecule has 166 valence electrons. The summed E-state index contributed by atoms with van der Waals surface area (Å²) in [6, 6.07) is 8.58. The molecule has 0 aliphatic carbocycles. The van der Waals surface area contributed by atoms with Crippen LogP contribution in [0.3, 0.4) is 0 Å². The number of sulfonamides is 1. The van der Waals surface area contributed by atoms with Crippen molar-refractivity contribution >= 4 is 33.0 Å². The monoisotopic (exact) mass is 446 g/mol. The number of nitro benzene ring substituents is 1. The molecule has 1 amide bonds. The number of hydrogen-bond acceptors (Lipinski definition) is 6. The molecule has 1 N–H and O–H groups in total. The first-order chi connectivity index (χ1) is 14.5. The molecule has 0 saturated carbocycles. The number of nitro groups is 1. The zero-order chi connectivity index (χ0) is 22.9. The minimum atomic E-state index is -4.04. The Kier molecular flexibility index (Phi) is 6.21. The fourth-order valence-electron chi connectivity index (χ4n) is 3.80. The summed E-state index contributed by atoms with van der Waals surface area (Å²) >= 11 is 0.